The van der Waals surface area contributed by atoms with Gasteiger partial charge in [-0.05, 0) is 57.8 Å². The van der Waals surface area contributed by atoms with Gasteiger partial charge in [0.25, 0.3) is 0 Å². The molecule has 2 unspecified atom stereocenters. The third-order valence-electron chi connectivity index (χ3n) is 19.8. The molecule has 3 N–H and O–H groups in total. The molecule has 534 valence electrons. The summed E-state index contributed by atoms with van der Waals surface area (Å²) in [6, 6.07) is -0.541. The van der Waals surface area contributed by atoms with Crippen molar-refractivity contribution in [2.75, 3.05) is 13.2 Å². The number of aliphatic hydroxyl groups excluding tert-OH is 2. The number of amides is 1. The molecule has 0 aliphatic rings. The second kappa shape index (κ2) is 79.8. The van der Waals surface area contributed by atoms with Gasteiger partial charge in [0, 0.05) is 12.8 Å². The molecule has 0 saturated carbocycles. The lowest BCUT2D eigenvalue weighted by molar-refractivity contribution is -0.143. The number of allylic oxidation sites excluding steroid dienone is 4. The van der Waals surface area contributed by atoms with E-state index < -0.39 is 12.1 Å². The van der Waals surface area contributed by atoms with Crippen molar-refractivity contribution in [3.63, 3.8) is 0 Å². The molecule has 0 bridgehead atoms. The minimum absolute atomic E-state index is 0.0205. The molecule has 0 aromatic carbocycles. The van der Waals surface area contributed by atoms with Crippen LogP contribution in [0.4, 0.5) is 0 Å². The summed E-state index contributed by atoms with van der Waals surface area (Å²) in [5.74, 6) is -0.00569. The number of carbonyl (C=O) groups is 2. The van der Waals surface area contributed by atoms with E-state index in [1.165, 1.54) is 398 Å². The van der Waals surface area contributed by atoms with Gasteiger partial charge in [-0.3, -0.25) is 9.59 Å². The number of hydrogen-bond acceptors (Lipinski definition) is 5. The molecule has 6 nitrogen and oxygen atoms in total. The molecule has 0 spiro atoms. The summed E-state index contributed by atoms with van der Waals surface area (Å²) in [6.07, 6.45) is 103. The number of carbonyl (C=O) groups excluding carboxylic acids is 2. The van der Waals surface area contributed by atoms with E-state index >= 15 is 0 Å². The first kappa shape index (κ1) is 88.3. The molecule has 0 heterocycles. The summed E-state index contributed by atoms with van der Waals surface area (Å²) in [5.41, 5.74) is 0. The number of unbranched alkanes of at least 4 members (excludes halogenated alkanes) is 64. The highest BCUT2D eigenvalue weighted by atomic mass is 16.5. The van der Waals surface area contributed by atoms with E-state index in [2.05, 4.69) is 43.5 Å². The lowest BCUT2D eigenvalue weighted by Gasteiger charge is -2.22. The summed E-state index contributed by atoms with van der Waals surface area (Å²) in [4.78, 5) is 24.6. The molecule has 0 aromatic heterocycles. The van der Waals surface area contributed by atoms with E-state index in [-0.39, 0.29) is 18.5 Å². The van der Waals surface area contributed by atoms with Crippen LogP contribution in [0.25, 0.3) is 0 Å². The van der Waals surface area contributed by atoms with Crippen LogP contribution in [0.2, 0.25) is 0 Å². The van der Waals surface area contributed by atoms with Gasteiger partial charge < -0.3 is 20.3 Å². The zero-order valence-corrected chi connectivity index (χ0v) is 61.4. The van der Waals surface area contributed by atoms with E-state index in [4.69, 9.17) is 4.74 Å². The fraction of sp³-hybridized carbons (Fsp3) is 0.929. The zero-order chi connectivity index (χ0) is 64.9. The molecule has 0 aliphatic heterocycles. The average Bonchev–Trinajstić information content (AvgIpc) is 3.62. The molecule has 0 saturated heterocycles. The lowest BCUT2D eigenvalue weighted by Crippen LogP contribution is -2.45. The molecule has 0 aliphatic carbocycles. The minimum atomic E-state index is -0.664. The zero-order valence-electron chi connectivity index (χ0n) is 61.4. The second-order valence-electron chi connectivity index (χ2n) is 28.8. The standard InChI is InChI=1S/C84H163NO5/c1-3-5-7-9-11-13-15-17-18-19-20-21-22-38-41-44-47-50-53-56-60-64-68-72-76-82(87)81(80-86)85-83(88)77-73-69-65-61-57-54-51-48-45-42-39-36-34-32-30-28-26-24-23-25-27-29-31-33-35-37-40-43-46-49-52-55-59-63-67-71-75-79-90-84(89)78-74-70-66-62-58-16-14-12-10-8-6-4-2/h23,25,29,31,81-82,86-87H,3-22,24,26-28,30,32-80H2,1-2H3,(H,85,88)/b25-23-,31-29-. The van der Waals surface area contributed by atoms with Crippen LogP contribution in [0.1, 0.15) is 476 Å². The number of aliphatic hydroxyl groups is 2. The van der Waals surface area contributed by atoms with Gasteiger partial charge in [-0.25, -0.2) is 0 Å². The molecule has 0 aromatic rings. The molecular formula is C84H163NO5. The molecule has 0 fully saturated rings. The maximum atomic E-state index is 12.6. The van der Waals surface area contributed by atoms with Crippen LogP contribution in [0.5, 0.6) is 0 Å². The highest BCUT2D eigenvalue weighted by Crippen LogP contribution is 2.20. The van der Waals surface area contributed by atoms with Crippen LogP contribution in [0.15, 0.2) is 24.3 Å². The van der Waals surface area contributed by atoms with Crippen LogP contribution in [-0.4, -0.2) is 47.4 Å². The van der Waals surface area contributed by atoms with E-state index in [0.717, 1.165) is 44.9 Å². The van der Waals surface area contributed by atoms with Gasteiger partial charge in [-0.2, -0.15) is 0 Å². The topological polar surface area (TPSA) is 95.9 Å². The maximum Gasteiger partial charge on any atom is 0.305 e. The quantitative estimate of drug-likeness (QED) is 0.0320. The fourth-order valence-electron chi connectivity index (χ4n) is 13.4. The Labute approximate surface area is 564 Å². The van der Waals surface area contributed by atoms with Gasteiger partial charge in [0.15, 0.2) is 0 Å². The van der Waals surface area contributed by atoms with Gasteiger partial charge in [0.1, 0.15) is 0 Å². The van der Waals surface area contributed by atoms with Gasteiger partial charge in [-0.15, -0.1) is 0 Å². The summed E-state index contributed by atoms with van der Waals surface area (Å²) in [5, 5.41) is 23.5. The summed E-state index contributed by atoms with van der Waals surface area (Å²) in [6.45, 7) is 5.01. The number of hydrogen-bond donors (Lipinski definition) is 3. The van der Waals surface area contributed by atoms with E-state index in [9.17, 15) is 19.8 Å². The normalized spacial score (nSPS) is 12.5. The Morgan fingerprint density at radius 3 is 0.844 bits per heavy atom. The molecule has 2 atom stereocenters. The van der Waals surface area contributed by atoms with Crippen molar-refractivity contribution >= 4 is 11.9 Å². The average molecular weight is 1270 g/mol. The number of ether oxygens (including phenoxy) is 1. The summed E-state index contributed by atoms with van der Waals surface area (Å²) >= 11 is 0. The van der Waals surface area contributed by atoms with Crippen LogP contribution >= 0.6 is 0 Å². The predicted molar refractivity (Wildman–Crippen MR) is 398 cm³/mol. The minimum Gasteiger partial charge on any atom is -0.466 e. The first-order chi connectivity index (χ1) is 44.5. The fourth-order valence-corrected chi connectivity index (χ4v) is 13.4. The van der Waals surface area contributed by atoms with Crippen molar-refractivity contribution in [3.8, 4) is 0 Å². The van der Waals surface area contributed by atoms with E-state index in [0.29, 0.717) is 25.9 Å². The van der Waals surface area contributed by atoms with Crippen molar-refractivity contribution in [1.29, 1.82) is 0 Å². The van der Waals surface area contributed by atoms with E-state index in [1.54, 1.807) is 0 Å². The number of esters is 1. The first-order valence-corrected chi connectivity index (χ1v) is 41.6. The Morgan fingerprint density at radius 2 is 0.556 bits per heavy atom. The van der Waals surface area contributed by atoms with Crippen molar-refractivity contribution < 1.29 is 24.5 Å². The van der Waals surface area contributed by atoms with Crippen LogP contribution in [0.3, 0.4) is 0 Å². The molecule has 0 radical (unpaired) electrons. The van der Waals surface area contributed by atoms with E-state index in [1.807, 2.05) is 0 Å². The largest absolute Gasteiger partial charge is 0.466 e. The lowest BCUT2D eigenvalue weighted by atomic mass is 10.0. The molecule has 1 amide bonds. The number of nitrogens with one attached hydrogen (secondary N) is 1. The Morgan fingerprint density at radius 1 is 0.311 bits per heavy atom. The van der Waals surface area contributed by atoms with Crippen molar-refractivity contribution in [3.05, 3.63) is 24.3 Å². The molecule has 6 heteroatoms. The second-order valence-corrected chi connectivity index (χ2v) is 28.8. The van der Waals surface area contributed by atoms with Crippen LogP contribution < -0.4 is 5.32 Å². The third-order valence-corrected chi connectivity index (χ3v) is 19.8. The summed E-state index contributed by atoms with van der Waals surface area (Å²) < 4.78 is 5.49. The predicted octanol–water partition coefficient (Wildman–Crippen LogP) is 27.6. The first-order valence-electron chi connectivity index (χ1n) is 41.6. The Kier molecular flexibility index (Phi) is 78.3. The Hall–Kier alpha value is -1.66. The van der Waals surface area contributed by atoms with Crippen molar-refractivity contribution in [2.24, 2.45) is 0 Å². The van der Waals surface area contributed by atoms with Crippen LogP contribution in [-0.2, 0) is 14.3 Å². The van der Waals surface area contributed by atoms with Crippen LogP contribution in [0, 0.1) is 0 Å². The smallest absolute Gasteiger partial charge is 0.305 e. The van der Waals surface area contributed by atoms with Gasteiger partial charge in [0.05, 0.1) is 25.4 Å². The van der Waals surface area contributed by atoms with Gasteiger partial charge >= 0.3 is 5.97 Å². The highest BCUT2D eigenvalue weighted by Gasteiger charge is 2.20. The van der Waals surface area contributed by atoms with Gasteiger partial charge in [0.2, 0.25) is 5.91 Å². The third kappa shape index (κ3) is 75.4. The number of rotatable bonds is 79. The van der Waals surface area contributed by atoms with Crippen molar-refractivity contribution in [1.82, 2.24) is 5.32 Å². The Bertz CT molecular complexity index is 1410. The monoisotopic (exact) mass is 1270 g/mol. The molecule has 90 heavy (non-hydrogen) atoms. The van der Waals surface area contributed by atoms with Gasteiger partial charge in [-0.1, -0.05) is 430 Å². The SMILES string of the molecule is CCCCCCCCCCCCCCCCCCCCCCCCCCC(O)C(CO)NC(=O)CCCCCCCCCCCCCCCCCCC/C=C\C/C=C\CCCCCCCCCCCCCCCOC(=O)CCCCCCCCCCCCCC. The summed E-state index contributed by atoms with van der Waals surface area (Å²) in [7, 11) is 0. The maximum absolute atomic E-state index is 12.6. The Balaban J connectivity index is 3.36. The van der Waals surface area contributed by atoms with Crippen molar-refractivity contribution in [2.45, 2.75) is 488 Å². The molecular weight excluding hydrogens is 1100 g/mol. The highest BCUT2D eigenvalue weighted by molar-refractivity contribution is 5.76. The molecule has 0 rings (SSSR count).